The molecule has 0 radical (unpaired) electrons. The first-order valence-electron chi connectivity index (χ1n) is 5.89. The van der Waals surface area contributed by atoms with E-state index in [1.165, 1.54) is 4.90 Å². The molecule has 1 aromatic heterocycles. The highest BCUT2D eigenvalue weighted by atomic mass is 16.2. The van der Waals surface area contributed by atoms with Gasteiger partial charge in [-0.15, -0.1) is 0 Å². The molecule has 98 valence electrons. The maximum absolute atomic E-state index is 11.9. The minimum atomic E-state index is -0.427. The maximum Gasteiger partial charge on any atom is 0.328 e. The van der Waals surface area contributed by atoms with Crippen molar-refractivity contribution in [2.75, 3.05) is 17.2 Å². The molecule has 0 atom stereocenters. The van der Waals surface area contributed by atoms with Crippen LogP contribution in [-0.2, 0) is 11.8 Å². The van der Waals surface area contributed by atoms with Crippen LogP contribution in [0.5, 0.6) is 0 Å². The molecule has 2 aromatic rings. The fourth-order valence-corrected chi connectivity index (χ4v) is 2.32. The summed E-state index contributed by atoms with van der Waals surface area (Å²) in [4.78, 5) is 24.6. The molecule has 0 saturated carbocycles. The van der Waals surface area contributed by atoms with Crippen LogP contribution in [0.25, 0.3) is 10.9 Å². The number of anilines is 2. The van der Waals surface area contributed by atoms with Gasteiger partial charge in [0.1, 0.15) is 0 Å². The number of nitrogens with zero attached hydrogens (tertiary/aromatic N) is 3. The van der Waals surface area contributed by atoms with Crippen LogP contribution in [0.3, 0.4) is 0 Å². The Morgan fingerprint density at radius 2 is 2.16 bits per heavy atom. The Kier molecular flexibility index (Phi) is 2.41. The molecule has 1 aromatic carbocycles. The zero-order chi connectivity index (χ0) is 13.6. The number of aromatic nitrogens is 2. The summed E-state index contributed by atoms with van der Waals surface area (Å²) < 4.78 is 1.69. The van der Waals surface area contributed by atoms with E-state index in [4.69, 9.17) is 5.73 Å². The Morgan fingerprint density at radius 1 is 1.37 bits per heavy atom. The van der Waals surface area contributed by atoms with E-state index in [-0.39, 0.29) is 12.3 Å². The third-order valence-corrected chi connectivity index (χ3v) is 3.18. The number of fused-ring (bicyclic) bond motifs is 1. The predicted molar refractivity (Wildman–Crippen MR) is 70.6 cm³/mol. The number of hydrogen-bond acceptors (Lipinski definition) is 4. The van der Waals surface area contributed by atoms with Crippen molar-refractivity contribution in [3.05, 3.63) is 18.3 Å². The topological polar surface area (TPSA) is 93.2 Å². The molecule has 1 saturated heterocycles. The Balaban J connectivity index is 2.16. The summed E-state index contributed by atoms with van der Waals surface area (Å²) in [5.74, 6) is -0.258. The van der Waals surface area contributed by atoms with Gasteiger partial charge in [0, 0.05) is 31.1 Å². The van der Waals surface area contributed by atoms with E-state index in [1.807, 2.05) is 0 Å². The first kappa shape index (κ1) is 11.5. The average Bonchev–Trinajstić information content (AvgIpc) is 2.70. The van der Waals surface area contributed by atoms with E-state index < -0.39 is 6.03 Å². The molecule has 1 aliphatic rings. The molecule has 0 unspecified atom stereocenters. The summed E-state index contributed by atoms with van der Waals surface area (Å²) in [6, 6.07) is 3.10. The standard InChI is InChI=1S/C12H13N5O2/c1-16-11-7(6-14-16)4-8(13)5-9(11)17-3-2-10(18)15-12(17)19/h4-6H,2-3,13H2,1H3,(H,15,18,19). The van der Waals surface area contributed by atoms with Gasteiger partial charge in [0.05, 0.1) is 17.4 Å². The number of aryl methyl sites for hydroxylation is 1. The third kappa shape index (κ3) is 1.79. The van der Waals surface area contributed by atoms with Gasteiger partial charge < -0.3 is 5.73 Å². The maximum atomic E-state index is 11.9. The van der Waals surface area contributed by atoms with Gasteiger partial charge in [-0.1, -0.05) is 0 Å². The Morgan fingerprint density at radius 3 is 2.89 bits per heavy atom. The van der Waals surface area contributed by atoms with Gasteiger partial charge in [-0.25, -0.2) is 4.79 Å². The van der Waals surface area contributed by atoms with E-state index in [0.717, 1.165) is 10.9 Å². The highest BCUT2D eigenvalue weighted by molar-refractivity contribution is 6.09. The number of nitrogens with two attached hydrogens (primary N) is 1. The van der Waals surface area contributed by atoms with Crippen molar-refractivity contribution in [3.8, 4) is 0 Å². The average molecular weight is 259 g/mol. The van der Waals surface area contributed by atoms with E-state index in [1.54, 1.807) is 30.1 Å². The predicted octanol–water partition coefficient (Wildman–Crippen LogP) is 0.602. The number of amides is 3. The van der Waals surface area contributed by atoms with Gasteiger partial charge in [0.15, 0.2) is 0 Å². The minimum absolute atomic E-state index is 0.258. The lowest BCUT2D eigenvalue weighted by Crippen LogP contribution is -2.49. The lowest BCUT2D eigenvalue weighted by Gasteiger charge is -2.27. The zero-order valence-electron chi connectivity index (χ0n) is 10.4. The number of rotatable bonds is 1. The van der Waals surface area contributed by atoms with Gasteiger partial charge in [0.25, 0.3) is 0 Å². The van der Waals surface area contributed by atoms with E-state index >= 15 is 0 Å². The largest absolute Gasteiger partial charge is 0.399 e. The molecule has 1 fully saturated rings. The van der Waals surface area contributed by atoms with Gasteiger partial charge in [0.2, 0.25) is 5.91 Å². The minimum Gasteiger partial charge on any atom is -0.399 e. The molecule has 0 aliphatic carbocycles. The van der Waals surface area contributed by atoms with Gasteiger partial charge in [-0.2, -0.15) is 5.10 Å². The first-order valence-corrected chi connectivity index (χ1v) is 5.89. The van der Waals surface area contributed by atoms with Crippen LogP contribution >= 0.6 is 0 Å². The fourth-order valence-electron chi connectivity index (χ4n) is 2.32. The van der Waals surface area contributed by atoms with Gasteiger partial charge in [-0.3, -0.25) is 19.7 Å². The number of nitrogens with one attached hydrogen (secondary N) is 1. The van der Waals surface area contributed by atoms with Gasteiger partial charge in [-0.05, 0) is 12.1 Å². The summed E-state index contributed by atoms with van der Waals surface area (Å²) in [7, 11) is 1.80. The van der Waals surface area contributed by atoms with Crippen molar-refractivity contribution >= 4 is 34.2 Å². The van der Waals surface area contributed by atoms with Crippen molar-refractivity contribution < 1.29 is 9.59 Å². The van der Waals surface area contributed by atoms with Crippen LogP contribution in [-0.4, -0.2) is 28.3 Å². The number of carbonyl (C=O) groups is 2. The summed E-state index contributed by atoms with van der Waals surface area (Å²) in [6.07, 6.45) is 1.97. The van der Waals surface area contributed by atoms with Crippen molar-refractivity contribution in [3.63, 3.8) is 0 Å². The molecule has 0 bridgehead atoms. The van der Waals surface area contributed by atoms with Crippen LogP contribution in [0, 0.1) is 0 Å². The molecule has 7 nitrogen and oxygen atoms in total. The first-order chi connectivity index (χ1) is 9.06. The molecule has 7 heteroatoms. The van der Waals surface area contributed by atoms with E-state index in [2.05, 4.69) is 10.4 Å². The van der Waals surface area contributed by atoms with E-state index in [0.29, 0.717) is 17.9 Å². The van der Waals surface area contributed by atoms with Crippen LogP contribution in [0.2, 0.25) is 0 Å². The van der Waals surface area contributed by atoms with Crippen LogP contribution in [0.4, 0.5) is 16.2 Å². The van der Waals surface area contributed by atoms with Crippen LogP contribution in [0.1, 0.15) is 6.42 Å². The zero-order valence-corrected chi connectivity index (χ0v) is 10.4. The van der Waals surface area contributed by atoms with Crippen molar-refractivity contribution in [1.82, 2.24) is 15.1 Å². The smallest absolute Gasteiger partial charge is 0.328 e. The highest BCUT2D eigenvalue weighted by Gasteiger charge is 2.26. The van der Waals surface area contributed by atoms with Crippen molar-refractivity contribution in [2.45, 2.75) is 6.42 Å². The number of hydrogen-bond donors (Lipinski definition) is 2. The van der Waals surface area contributed by atoms with Crippen LogP contribution in [0.15, 0.2) is 18.3 Å². The highest BCUT2D eigenvalue weighted by Crippen LogP contribution is 2.30. The molecule has 3 amide bonds. The Bertz CT molecular complexity index is 691. The summed E-state index contributed by atoms with van der Waals surface area (Å²) in [5, 5.41) is 7.33. The molecule has 1 aliphatic heterocycles. The second-order valence-corrected chi connectivity index (χ2v) is 4.50. The van der Waals surface area contributed by atoms with Crippen molar-refractivity contribution in [2.24, 2.45) is 7.05 Å². The molecule has 0 spiro atoms. The molecular formula is C12H13N5O2. The summed E-state index contributed by atoms with van der Waals surface area (Å²) >= 11 is 0. The number of benzene rings is 1. The Hall–Kier alpha value is -2.57. The molecule has 3 rings (SSSR count). The molecular weight excluding hydrogens is 246 g/mol. The lowest BCUT2D eigenvalue weighted by molar-refractivity contribution is -0.120. The summed E-state index contributed by atoms with van der Waals surface area (Å²) in [6.45, 7) is 0.342. The van der Waals surface area contributed by atoms with E-state index in [9.17, 15) is 9.59 Å². The quantitative estimate of drug-likeness (QED) is 0.733. The third-order valence-electron chi connectivity index (χ3n) is 3.18. The number of carbonyl (C=O) groups excluding carboxylic acids is 2. The normalized spacial score (nSPS) is 15.9. The second kappa shape index (κ2) is 3.98. The second-order valence-electron chi connectivity index (χ2n) is 4.50. The van der Waals surface area contributed by atoms with Gasteiger partial charge >= 0.3 is 6.03 Å². The molecule has 19 heavy (non-hydrogen) atoms. The van der Waals surface area contributed by atoms with Crippen LogP contribution < -0.4 is 16.0 Å². The fraction of sp³-hybridized carbons (Fsp3) is 0.250. The number of nitrogen functional groups attached to an aromatic ring is 1. The summed E-state index contributed by atoms with van der Waals surface area (Å²) in [5.41, 5.74) is 7.89. The van der Waals surface area contributed by atoms with Crippen molar-refractivity contribution in [1.29, 1.82) is 0 Å². The molecule has 3 N–H and O–H groups in total. The number of urea groups is 1. The lowest BCUT2D eigenvalue weighted by atomic mass is 10.1. The Labute approximate surface area is 109 Å². The molecule has 2 heterocycles. The monoisotopic (exact) mass is 259 g/mol. The SMILES string of the molecule is Cn1ncc2cc(N)cc(N3CCC(=O)NC3=O)c21. The number of imide groups is 1.